The van der Waals surface area contributed by atoms with Crippen molar-refractivity contribution in [3.05, 3.63) is 53.6 Å². The molecule has 1 saturated carbocycles. The summed E-state index contributed by atoms with van der Waals surface area (Å²) >= 11 is 1.76. The Kier molecular flexibility index (Phi) is 5.80. The van der Waals surface area contributed by atoms with Gasteiger partial charge in [0.15, 0.2) is 5.41 Å². The summed E-state index contributed by atoms with van der Waals surface area (Å²) in [4.78, 5) is 26.9. The van der Waals surface area contributed by atoms with Crippen molar-refractivity contribution in [2.45, 2.75) is 36.8 Å². The van der Waals surface area contributed by atoms with Crippen molar-refractivity contribution in [2.24, 2.45) is 17.3 Å². The van der Waals surface area contributed by atoms with E-state index in [-0.39, 0.29) is 17.1 Å². The summed E-state index contributed by atoms with van der Waals surface area (Å²) in [5.74, 6) is -1.06. The lowest BCUT2D eigenvalue weighted by Crippen LogP contribution is -2.46. The molecule has 0 spiro atoms. The number of thioether (sulfide) groups is 1. The minimum atomic E-state index is -1.26. The Morgan fingerprint density at radius 1 is 1.04 bits per heavy atom. The van der Waals surface area contributed by atoms with Crippen LogP contribution in [0, 0.1) is 17.3 Å². The van der Waals surface area contributed by atoms with Crippen LogP contribution in [-0.4, -0.2) is 31.4 Å². The number of esters is 2. The summed E-state index contributed by atoms with van der Waals surface area (Å²) in [5.41, 5.74) is 1.04. The second kappa shape index (κ2) is 7.93. The molecule has 0 saturated heterocycles. The number of carbonyl (C=O) groups is 2. The lowest BCUT2D eigenvalue weighted by atomic mass is 9.71. The van der Waals surface area contributed by atoms with Crippen molar-refractivity contribution in [1.82, 2.24) is 0 Å². The first-order chi connectivity index (χ1) is 12.9. The van der Waals surface area contributed by atoms with E-state index in [9.17, 15) is 9.59 Å². The third-order valence-electron chi connectivity index (χ3n) is 5.73. The molecule has 0 aromatic heterocycles. The molecule has 0 unspecified atom stereocenters. The highest BCUT2D eigenvalue weighted by Gasteiger charge is 2.62. The van der Waals surface area contributed by atoms with Crippen molar-refractivity contribution in [3.8, 4) is 0 Å². The van der Waals surface area contributed by atoms with Gasteiger partial charge in [0.1, 0.15) is 0 Å². The van der Waals surface area contributed by atoms with Gasteiger partial charge in [0.05, 0.1) is 14.2 Å². The van der Waals surface area contributed by atoms with Crippen LogP contribution in [0.3, 0.4) is 0 Å². The summed E-state index contributed by atoms with van der Waals surface area (Å²) < 4.78 is 10.2. The Balaban J connectivity index is 2.00. The van der Waals surface area contributed by atoms with Crippen molar-refractivity contribution in [3.63, 3.8) is 0 Å². The number of allylic oxidation sites excluding steroid dienone is 3. The fourth-order valence-electron chi connectivity index (χ4n) is 4.44. The third kappa shape index (κ3) is 3.45. The predicted octanol–water partition coefficient (Wildman–Crippen LogP) is 4.41. The van der Waals surface area contributed by atoms with Gasteiger partial charge in [0.25, 0.3) is 0 Å². The summed E-state index contributed by atoms with van der Waals surface area (Å²) in [6, 6.07) is 10.2. The summed E-state index contributed by atoms with van der Waals surface area (Å²) in [5, 5.41) is 0.193. The number of hydrogen-bond acceptors (Lipinski definition) is 5. The molecule has 0 heterocycles. The summed E-state index contributed by atoms with van der Waals surface area (Å²) in [6.07, 6.45) is 5.48. The van der Waals surface area contributed by atoms with Crippen LogP contribution in [0.1, 0.15) is 26.7 Å². The molecule has 27 heavy (non-hydrogen) atoms. The fraction of sp³-hybridized carbons (Fsp3) is 0.455. The normalized spacial score (nSPS) is 25.6. The van der Waals surface area contributed by atoms with Crippen molar-refractivity contribution in [2.75, 3.05) is 14.2 Å². The summed E-state index contributed by atoms with van der Waals surface area (Å²) in [7, 11) is 2.69. The minimum Gasteiger partial charge on any atom is -0.468 e. The smallest absolute Gasteiger partial charge is 0.323 e. The van der Waals surface area contributed by atoms with Gasteiger partial charge < -0.3 is 9.47 Å². The molecule has 0 radical (unpaired) electrons. The topological polar surface area (TPSA) is 52.6 Å². The van der Waals surface area contributed by atoms with Crippen LogP contribution in [-0.2, 0) is 19.1 Å². The maximum absolute atomic E-state index is 12.8. The van der Waals surface area contributed by atoms with Crippen LogP contribution < -0.4 is 0 Å². The Morgan fingerprint density at radius 2 is 1.67 bits per heavy atom. The molecule has 0 bridgehead atoms. The van der Waals surface area contributed by atoms with E-state index in [0.717, 1.165) is 17.6 Å². The first-order valence-electron chi connectivity index (χ1n) is 9.17. The number of ether oxygens (including phenoxy) is 2. The zero-order chi connectivity index (χ0) is 19.6. The van der Waals surface area contributed by atoms with E-state index in [2.05, 4.69) is 24.3 Å². The van der Waals surface area contributed by atoms with Crippen LogP contribution >= 0.6 is 11.8 Å². The molecule has 0 aliphatic heterocycles. The van der Waals surface area contributed by atoms with E-state index < -0.39 is 17.4 Å². The van der Waals surface area contributed by atoms with Crippen molar-refractivity contribution in [1.29, 1.82) is 0 Å². The molecule has 2 aliphatic carbocycles. The number of fused-ring (bicyclic) bond motifs is 1. The molecule has 2 aliphatic rings. The average molecular weight is 387 g/mol. The first-order valence-corrected chi connectivity index (χ1v) is 10.0. The molecule has 3 rings (SSSR count). The van der Waals surface area contributed by atoms with E-state index in [0.29, 0.717) is 6.42 Å². The molecule has 0 N–H and O–H groups in total. The molecule has 4 nitrogen and oxygen atoms in total. The highest BCUT2D eigenvalue weighted by Crippen LogP contribution is 2.57. The fourth-order valence-corrected chi connectivity index (χ4v) is 5.57. The number of methoxy groups -OCH3 is 2. The van der Waals surface area contributed by atoms with Gasteiger partial charge in [-0.2, -0.15) is 0 Å². The molecular formula is C22H26O4S. The zero-order valence-corrected chi connectivity index (χ0v) is 17.0. The largest absolute Gasteiger partial charge is 0.468 e. The highest BCUT2D eigenvalue weighted by atomic mass is 32.2. The van der Waals surface area contributed by atoms with Gasteiger partial charge in [-0.25, -0.2) is 0 Å². The Bertz CT molecular complexity index is 761. The number of rotatable bonds is 4. The van der Waals surface area contributed by atoms with E-state index >= 15 is 0 Å². The highest BCUT2D eigenvalue weighted by molar-refractivity contribution is 8.00. The number of benzene rings is 1. The molecule has 1 aromatic carbocycles. The van der Waals surface area contributed by atoms with E-state index in [1.165, 1.54) is 19.1 Å². The Labute approximate surface area is 165 Å². The molecule has 0 amide bonds. The van der Waals surface area contributed by atoms with E-state index in [1.54, 1.807) is 11.8 Å². The maximum atomic E-state index is 12.8. The van der Waals surface area contributed by atoms with Crippen molar-refractivity contribution < 1.29 is 19.1 Å². The van der Waals surface area contributed by atoms with Crippen LogP contribution in [0.15, 0.2) is 58.5 Å². The van der Waals surface area contributed by atoms with Gasteiger partial charge in [-0.15, -0.1) is 11.8 Å². The Morgan fingerprint density at radius 3 is 2.22 bits per heavy atom. The minimum absolute atomic E-state index is 0.0702. The third-order valence-corrected chi connectivity index (χ3v) is 6.93. The number of hydrogen-bond donors (Lipinski definition) is 0. The van der Waals surface area contributed by atoms with Gasteiger partial charge >= 0.3 is 11.9 Å². The molecule has 5 heteroatoms. The monoisotopic (exact) mass is 386 g/mol. The van der Waals surface area contributed by atoms with E-state index in [4.69, 9.17) is 9.47 Å². The molecule has 1 aromatic rings. The van der Waals surface area contributed by atoms with Crippen LogP contribution in [0.25, 0.3) is 0 Å². The average Bonchev–Trinajstić information content (AvgIpc) is 3.03. The maximum Gasteiger partial charge on any atom is 0.323 e. The van der Waals surface area contributed by atoms with Crippen LogP contribution in [0.2, 0.25) is 0 Å². The van der Waals surface area contributed by atoms with Crippen molar-refractivity contribution >= 4 is 23.7 Å². The van der Waals surface area contributed by atoms with Crippen LogP contribution in [0.4, 0.5) is 0 Å². The lowest BCUT2D eigenvalue weighted by Gasteiger charge is -2.35. The molecule has 3 atom stereocenters. The second-order valence-electron chi connectivity index (χ2n) is 7.38. The predicted molar refractivity (Wildman–Crippen MR) is 106 cm³/mol. The van der Waals surface area contributed by atoms with Gasteiger partial charge in [0, 0.05) is 16.1 Å². The van der Waals surface area contributed by atoms with Gasteiger partial charge in [-0.05, 0) is 44.7 Å². The van der Waals surface area contributed by atoms with Crippen LogP contribution in [0.5, 0.6) is 0 Å². The standard InChI is InChI=1S/C22H26O4S/c1-14(2)18-13-22(20(23)25-3,21(24)26-4)19-12-16(10-11-17(18)19)27-15-8-6-5-7-9-15/h5-11,16-17,19H,12-13H2,1-4H3/t16-,17+,19+/m0/s1. The van der Waals surface area contributed by atoms with E-state index in [1.807, 2.05) is 32.0 Å². The molecule has 144 valence electrons. The quantitative estimate of drug-likeness (QED) is 0.436. The van der Waals surface area contributed by atoms with Gasteiger partial charge in [-0.3, -0.25) is 9.59 Å². The molecular weight excluding hydrogens is 360 g/mol. The second-order valence-corrected chi connectivity index (χ2v) is 8.69. The number of carbonyl (C=O) groups excluding carboxylic acids is 2. The van der Waals surface area contributed by atoms with Gasteiger partial charge in [0.2, 0.25) is 0 Å². The molecule has 1 fully saturated rings. The Hall–Kier alpha value is -2.01. The zero-order valence-electron chi connectivity index (χ0n) is 16.2. The SMILES string of the molecule is COC(=O)C1(C(=O)OC)CC(=C(C)C)[C@H]2C=C[C@H](Sc3ccccc3)C[C@H]21. The first kappa shape index (κ1) is 19.7. The van der Waals surface area contributed by atoms with Gasteiger partial charge in [-0.1, -0.05) is 41.5 Å². The lowest BCUT2D eigenvalue weighted by molar-refractivity contribution is -0.172. The summed E-state index contributed by atoms with van der Waals surface area (Å²) in [6.45, 7) is 4.07.